The Morgan fingerprint density at radius 2 is 0.395 bits per heavy atom. The highest BCUT2D eigenvalue weighted by Gasteiger charge is 2.39. The lowest BCUT2D eigenvalue weighted by Crippen LogP contribution is -2.09. The van der Waals surface area contributed by atoms with Crippen LogP contribution in [0.2, 0.25) is 0 Å². The van der Waals surface area contributed by atoms with E-state index in [1.807, 2.05) is 0 Å². The molecule has 0 fully saturated rings. The van der Waals surface area contributed by atoms with Gasteiger partial charge in [-0.05, 0) is 154 Å². The maximum atomic E-state index is 5.81. The average Bonchev–Trinajstić information content (AvgIpc) is 0.956. The molecular weight excluding hydrogens is 1080 g/mol. The van der Waals surface area contributed by atoms with E-state index in [2.05, 4.69) is 364 Å². The number of hydrogen-bond acceptors (Lipinski definition) is 2. The van der Waals surface area contributed by atoms with Crippen molar-refractivity contribution in [1.82, 2.24) is 9.97 Å². The number of nitrogens with zero attached hydrogens (tertiary/aromatic N) is 2. The molecule has 86 heavy (non-hydrogen) atoms. The Balaban J connectivity index is 1.14. The molecule has 0 unspecified atom stereocenters. The van der Waals surface area contributed by atoms with Gasteiger partial charge in [-0.25, -0.2) is 9.97 Å². The highest BCUT2D eigenvalue weighted by Crippen LogP contribution is 2.78. The Morgan fingerprint density at radius 1 is 0.151 bits per heavy atom. The Bertz CT molecular complexity index is 4230. The molecule has 0 atom stereocenters. The van der Waals surface area contributed by atoms with Gasteiger partial charge >= 0.3 is 0 Å². The Labute approximate surface area is 508 Å². The summed E-state index contributed by atoms with van der Waals surface area (Å²) in [6.45, 7) is 0. The van der Waals surface area contributed by atoms with Gasteiger partial charge in [0.2, 0.25) is 0 Å². The lowest BCUT2D eigenvalue weighted by Gasteiger charge is -2.45. The summed E-state index contributed by atoms with van der Waals surface area (Å²) in [6.07, 6.45) is 0. The first kappa shape index (κ1) is 53.6. The maximum absolute atomic E-state index is 5.81. The molecule has 410 valence electrons. The second-order valence-electron chi connectivity index (χ2n) is 21.3. The molecule has 4 heteroatoms. The van der Waals surface area contributed by atoms with E-state index in [-0.39, 0.29) is 0 Å². The van der Waals surface area contributed by atoms with Crippen molar-refractivity contribution in [3.63, 3.8) is 0 Å². The quantitative estimate of drug-likeness (QED) is 0.102. The van der Waals surface area contributed by atoms with Gasteiger partial charge < -0.3 is 0 Å². The number of benzene rings is 13. The van der Waals surface area contributed by atoms with Crippen LogP contribution in [-0.2, 0) is 0 Å². The summed E-state index contributed by atoms with van der Waals surface area (Å²) >= 11 is 0. The maximum Gasteiger partial charge on any atom is 0.160 e. The summed E-state index contributed by atoms with van der Waals surface area (Å²) in [5, 5.41) is 0. The van der Waals surface area contributed by atoms with Crippen LogP contribution in [0.5, 0.6) is 0 Å². The summed E-state index contributed by atoms with van der Waals surface area (Å²) in [5.74, 6) is 0.646. The largest absolute Gasteiger partial charge is 0.228 e. The minimum Gasteiger partial charge on any atom is -0.228 e. The normalized spacial score (nSPS) is 11.9. The Morgan fingerprint density at radius 3 is 0.756 bits per heavy atom. The summed E-state index contributed by atoms with van der Waals surface area (Å²) in [6, 6.07) is 134. The summed E-state index contributed by atoms with van der Waals surface area (Å²) in [4.78, 5) is 21.1. The first-order valence-corrected chi connectivity index (χ1v) is 32.4. The van der Waals surface area contributed by atoms with Gasteiger partial charge in [-0.3, -0.25) is 0 Å². The van der Waals surface area contributed by atoms with E-state index < -0.39 is 20.1 Å². The summed E-state index contributed by atoms with van der Waals surface area (Å²) < 4.78 is 0. The van der Waals surface area contributed by atoms with Crippen LogP contribution >= 0.6 is 20.1 Å². The van der Waals surface area contributed by atoms with Crippen LogP contribution in [0.3, 0.4) is 0 Å². The van der Waals surface area contributed by atoms with E-state index in [4.69, 9.17) is 9.97 Å². The van der Waals surface area contributed by atoms with Crippen LogP contribution < -0.4 is 0 Å². The van der Waals surface area contributed by atoms with E-state index in [1.54, 1.807) is 0 Å². The van der Waals surface area contributed by atoms with E-state index >= 15 is 0 Å². The van der Waals surface area contributed by atoms with Gasteiger partial charge in [0.25, 0.3) is 0 Å². The molecule has 0 radical (unpaired) electrons. The standard InChI is InChI=1S/C82H60N2S2/c1-9-29-61(30-10-1)65-37-25-41-69(53-65)80-60-81(84-82(83-80)70-42-26-38-66(54-70)62-31-11-2-12-32-62)71-57-78(85(72-43-17-5-18-44-72,73-45-19-6-20-46-73)76-51-27-39-67(55-76)63-33-13-3-14-34-63)59-79(58-71)86(74-47-21-7-22-48-74,75-49-23-8-24-50-75)77-52-28-40-68(56-77)64-35-15-4-16-36-64/h1-60H. The SMILES string of the molecule is c1ccc(-c2cccc(-c3cc(-c4cc(S(c5ccccc5)(c5ccccc5)c5cccc(-c6ccccc6)c5)cc(S(c5ccccc5)(c5ccccc5)c5cccc(-c6ccccc6)c5)c4)nc(-c4cccc(-c5ccccc5)c4)n3)c2)cc1. The zero-order valence-electron chi connectivity index (χ0n) is 47.4. The van der Waals surface area contributed by atoms with Gasteiger partial charge in [0, 0.05) is 55.9 Å². The molecule has 2 nitrogen and oxygen atoms in total. The number of aromatic nitrogens is 2. The highest BCUT2D eigenvalue weighted by atomic mass is 32.3. The van der Waals surface area contributed by atoms with Crippen LogP contribution in [0.25, 0.3) is 78.4 Å². The van der Waals surface area contributed by atoms with E-state index in [0.29, 0.717) is 5.82 Å². The van der Waals surface area contributed by atoms with Crippen LogP contribution in [0.15, 0.2) is 403 Å². The molecule has 0 bridgehead atoms. The summed E-state index contributed by atoms with van der Waals surface area (Å²) in [7, 11) is -4.76. The Kier molecular flexibility index (Phi) is 15.0. The first-order valence-electron chi connectivity index (χ1n) is 29.2. The monoisotopic (exact) mass is 1140 g/mol. The van der Waals surface area contributed by atoms with Crippen molar-refractivity contribution in [2.45, 2.75) is 39.2 Å². The fourth-order valence-corrected chi connectivity index (χ4v) is 20.0. The average molecular weight is 1140 g/mol. The minimum atomic E-state index is -2.38. The zero-order valence-corrected chi connectivity index (χ0v) is 49.0. The molecular formula is C82H60N2S2. The van der Waals surface area contributed by atoms with Crippen molar-refractivity contribution >= 4 is 20.1 Å². The minimum absolute atomic E-state index is 0.646. The molecule has 0 aliphatic carbocycles. The van der Waals surface area contributed by atoms with Crippen LogP contribution in [0.4, 0.5) is 0 Å². The number of hydrogen-bond donors (Lipinski definition) is 0. The number of rotatable bonds is 15. The van der Waals surface area contributed by atoms with Crippen molar-refractivity contribution in [2.75, 3.05) is 0 Å². The molecule has 14 aromatic rings. The second kappa shape index (κ2) is 24.1. The molecule has 0 N–H and O–H groups in total. The van der Waals surface area contributed by atoms with Gasteiger partial charge in [-0.2, -0.15) is 0 Å². The third kappa shape index (κ3) is 10.4. The van der Waals surface area contributed by atoms with E-state index in [1.165, 1.54) is 50.3 Å². The fraction of sp³-hybridized carbons (Fsp3) is 0. The topological polar surface area (TPSA) is 25.8 Å². The Hall–Kier alpha value is -10.4. The molecule has 13 aromatic carbocycles. The van der Waals surface area contributed by atoms with Crippen molar-refractivity contribution in [1.29, 1.82) is 0 Å². The smallest absolute Gasteiger partial charge is 0.160 e. The van der Waals surface area contributed by atoms with Crippen LogP contribution in [0.1, 0.15) is 0 Å². The van der Waals surface area contributed by atoms with Gasteiger partial charge in [-0.1, -0.05) is 255 Å². The fourth-order valence-electron chi connectivity index (χ4n) is 12.0. The first-order chi connectivity index (χ1) is 42.6. The van der Waals surface area contributed by atoms with Gasteiger partial charge in [0.1, 0.15) is 0 Å². The van der Waals surface area contributed by atoms with Gasteiger partial charge in [-0.15, -0.1) is 20.1 Å². The molecule has 0 spiro atoms. The van der Waals surface area contributed by atoms with E-state index in [0.717, 1.165) is 61.5 Å². The molecule has 0 aliphatic rings. The molecule has 1 heterocycles. The van der Waals surface area contributed by atoms with Gasteiger partial charge in [0.05, 0.1) is 11.4 Å². The summed E-state index contributed by atoms with van der Waals surface area (Å²) in [5.41, 5.74) is 13.7. The predicted octanol–water partition coefficient (Wildman–Crippen LogP) is 22.8. The van der Waals surface area contributed by atoms with Crippen molar-refractivity contribution in [3.8, 4) is 78.4 Å². The van der Waals surface area contributed by atoms with Crippen molar-refractivity contribution < 1.29 is 0 Å². The van der Waals surface area contributed by atoms with Crippen LogP contribution in [0, 0.1) is 0 Å². The van der Waals surface area contributed by atoms with E-state index in [9.17, 15) is 0 Å². The lowest BCUT2D eigenvalue weighted by atomic mass is 10.00. The molecule has 0 saturated heterocycles. The van der Waals surface area contributed by atoms with Crippen molar-refractivity contribution in [3.05, 3.63) is 364 Å². The molecule has 1 aromatic heterocycles. The van der Waals surface area contributed by atoms with Crippen molar-refractivity contribution in [2.24, 2.45) is 0 Å². The van der Waals surface area contributed by atoms with Crippen LogP contribution in [-0.4, -0.2) is 9.97 Å². The predicted molar refractivity (Wildman–Crippen MR) is 360 cm³/mol. The second-order valence-corrected chi connectivity index (χ2v) is 27.5. The van der Waals surface area contributed by atoms with Gasteiger partial charge in [0.15, 0.2) is 5.82 Å². The molecule has 0 aliphatic heterocycles. The third-order valence-electron chi connectivity index (χ3n) is 16.1. The zero-order chi connectivity index (χ0) is 57.5. The lowest BCUT2D eigenvalue weighted by molar-refractivity contribution is 1.16. The molecule has 0 saturated carbocycles. The molecule has 0 amide bonds. The molecule has 14 rings (SSSR count). The third-order valence-corrected chi connectivity index (χ3v) is 23.8. The highest BCUT2D eigenvalue weighted by molar-refractivity contribution is 8.34.